The molecule has 106 valence electrons. The summed E-state index contributed by atoms with van der Waals surface area (Å²) in [6.07, 6.45) is 2.13. The first-order valence-electron chi connectivity index (χ1n) is 6.42. The summed E-state index contributed by atoms with van der Waals surface area (Å²) >= 11 is 0. The molecule has 0 radical (unpaired) electrons. The lowest BCUT2D eigenvalue weighted by atomic mass is 9.99. The second-order valence-electron chi connectivity index (χ2n) is 4.75. The van der Waals surface area contributed by atoms with Crippen LogP contribution in [0.2, 0.25) is 0 Å². The van der Waals surface area contributed by atoms with E-state index in [1.54, 1.807) is 6.07 Å². The molecule has 0 fully saturated rings. The van der Waals surface area contributed by atoms with Crippen molar-refractivity contribution < 1.29 is 14.6 Å². The van der Waals surface area contributed by atoms with Crippen molar-refractivity contribution in [3.05, 3.63) is 12.4 Å². The van der Waals surface area contributed by atoms with Crippen molar-refractivity contribution in [3.63, 3.8) is 0 Å². The number of nitrogens with one attached hydrogen (secondary N) is 1. The molecule has 0 spiro atoms. The maximum atomic E-state index is 11.2. The summed E-state index contributed by atoms with van der Waals surface area (Å²) in [5.41, 5.74) is 0. The number of anilines is 1. The molecule has 0 saturated heterocycles. The molecule has 1 aromatic heterocycles. The lowest BCUT2D eigenvalue weighted by molar-refractivity contribution is -0.139. The van der Waals surface area contributed by atoms with Crippen LogP contribution in [0.25, 0.3) is 0 Å². The topological polar surface area (TPSA) is 84.3 Å². The van der Waals surface area contributed by atoms with Crippen molar-refractivity contribution in [1.82, 2.24) is 9.97 Å². The highest BCUT2D eigenvalue weighted by atomic mass is 16.5. The van der Waals surface area contributed by atoms with Crippen LogP contribution in [0.4, 0.5) is 5.82 Å². The average Bonchev–Trinajstić information content (AvgIpc) is 2.34. The quantitative estimate of drug-likeness (QED) is 0.787. The molecule has 0 amide bonds. The summed E-state index contributed by atoms with van der Waals surface area (Å²) in [7, 11) is 0. The number of nitrogens with zero attached hydrogens (tertiary/aromatic N) is 2. The molecule has 0 aliphatic carbocycles. The Morgan fingerprint density at radius 1 is 1.42 bits per heavy atom. The molecule has 0 bridgehead atoms. The normalized spacial score (nSPS) is 13.9. The Kier molecular flexibility index (Phi) is 5.54. The highest BCUT2D eigenvalue weighted by molar-refractivity contribution is 5.77. The molecule has 0 saturated carbocycles. The van der Waals surface area contributed by atoms with Gasteiger partial charge in [-0.25, -0.2) is 14.8 Å². The van der Waals surface area contributed by atoms with Crippen LogP contribution in [0, 0.1) is 5.92 Å². The Hall–Kier alpha value is -1.85. The molecule has 0 aromatic carbocycles. The molecule has 6 nitrogen and oxygen atoms in total. The van der Waals surface area contributed by atoms with E-state index in [2.05, 4.69) is 15.3 Å². The van der Waals surface area contributed by atoms with Crippen molar-refractivity contribution in [1.29, 1.82) is 0 Å². The van der Waals surface area contributed by atoms with E-state index < -0.39 is 12.0 Å². The van der Waals surface area contributed by atoms with Gasteiger partial charge in [-0.2, -0.15) is 0 Å². The number of rotatable bonds is 7. The number of aliphatic carboxylic acids is 1. The standard InChI is InChI=1S/C13H21N3O3/c1-5-9(4)12(13(17)18)16-10-6-11(15-7-14-10)19-8(2)3/h6-9,12H,5H2,1-4H3,(H,17,18)(H,14,15,16)/t9-,12-/m0/s1. The Morgan fingerprint density at radius 3 is 2.63 bits per heavy atom. The van der Waals surface area contributed by atoms with Gasteiger partial charge in [0.05, 0.1) is 6.10 Å². The fraction of sp³-hybridized carbons (Fsp3) is 0.615. The van der Waals surface area contributed by atoms with Gasteiger partial charge in [0.1, 0.15) is 18.2 Å². The Balaban J connectivity index is 2.82. The van der Waals surface area contributed by atoms with Crippen LogP contribution in [0.3, 0.4) is 0 Å². The summed E-state index contributed by atoms with van der Waals surface area (Å²) in [6, 6.07) is 0.935. The molecule has 0 unspecified atom stereocenters. The lowest BCUT2D eigenvalue weighted by Gasteiger charge is -2.20. The first-order chi connectivity index (χ1) is 8.93. The van der Waals surface area contributed by atoms with Gasteiger partial charge in [0.15, 0.2) is 0 Å². The number of aromatic nitrogens is 2. The fourth-order valence-corrected chi connectivity index (χ4v) is 1.57. The molecule has 6 heteroatoms. The van der Waals surface area contributed by atoms with Crippen molar-refractivity contribution in [2.45, 2.75) is 46.3 Å². The number of carbonyl (C=O) groups is 1. The minimum Gasteiger partial charge on any atom is -0.480 e. The summed E-state index contributed by atoms with van der Waals surface area (Å²) in [5, 5.41) is 12.1. The Bertz CT molecular complexity index is 423. The number of hydrogen-bond donors (Lipinski definition) is 2. The number of carboxylic acid groups (broad SMARTS) is 1. The summed E-state index contributed by atoms with van der Waals surface area (Å²) in [4.78, 5) is 19.2. The van der Waals surface area contributed by atoms with E-state index >= 15 is 0 Å². The van der Waals surface area contributed by atoms with E-state index in [-0.39, 0.29) is 12.0 Å². The zero-order valence-corrected chi connectivity index (χ0v) is 11.8. The largest absolute Gasteiger partial charge is 0.480 e. The molecule has 1 rings (SSSR count). The SMILES string of the molecule is CC[C@H](C)[C@H](Nc1cc(OC(C)C)ncn1)C(=O)O. The van der Waals surface area contributed by atoms with Crippen LogP contribution in [-0.4, -0.2) is 33.2 Å². The molecule has 1 aromatic rings. The smallest absolute Gasteiger partial charge is 0.326 e. The van der Waals surface area contributed by atoms with Crippen molar-refractivity contribution in [2.24, 2.45) is 5.92 Å². The van der Waals surface area contributed by atoms with E-state index in [1.807, 2.05) is 27.7 Å². The lowest BCUT2D eigenvalue weighted by Crippen LogP contribution is -2.35. The molecule has 19 heavy (non-hydrogen) atoms. The Labute approximate surface area is 113 Å². The van der Waals surface area contributed by atoms with Crippen LogP contribution < -0.4 is 10.1 Å². The summed E-state index contributed by atoms with van der Waals surface area (Å²) in [5.74, 6) is 0.000336. The Morgan fingerprint density at radius 2 is 2.11 bits per heavy atom. The molecule has 2 N–H and O–H groups in total. The monoisotopic (exact) mass is 267 g/mol. The number of hydrogen-bond acceptors (Lipinski definition) is 5. The molecule has 1 heterocycles. The molecular weight excluding hydrogens is 246 g/mol. The van der Waals surface area contributed by atoms with Crippen molar-refractivity contribution >= 4 is 11.8 Å². The zero-order chi connectivity index (χ0) is 14.4. The second kappa shape index (κ2) is 6.92. The summed E-state index contributed by atoms with van der Waals surface area (Å²) in [6.45, 7) is 7.64. The number of carboxylic acids is 1. The van der Waals surface area contributed by atoms with Gasteiger partial charge >= 0.3 is 5.97 Å². The molecule has 2 atom stereocenters. The van der Waals surface area contributed by atoms with Gasteiger partial charge in [0.25, 0.3) is 0 Å². The average molecular weight is 267 g/mol. The second-order valence-corrected chi connectivity index (χ2v) is 4.75. The minimum absolute atomic E-state index is 0.00179. The van der Waals surface area contributed by atoms with Crippen LogP contribution in [0.5, 0.6) is 5.88 Å². The van der Waals surface area contributed by atoms with Crippen LogP contribution in [0.1, 0.15) is 34.1 Å². The van der Waals surface area contributed by atoms with Crippen molar-refractivity contribution in [3.8, 4) is 5.88 Å². The maximum Gasteiger partial charge on any atom is 0.326 e. The summed E-state index contributed by atoms with van der Waals surface area (Å²) < 4.78 is 5.45. The van der Waals surface area contributed by atoms with Gasteiger partial charge < -0.3 is 15.2 Å². The minimum atomic E-state index is -0.890. The maximum absolute atomic E-state index is 11.2. The van der Waals surface area contributed by atoms with Gasteiger partial charge in [0.2, 0.25) is 5.88 Å². The van der Waals surface area contributed by atoms with E-state index in [9.17, 15) is 9.90 Å². The van der Waals surface area contributed by atoms with E-state index in [1.165, 1.54) is 6.33 Å². The van der Waals surface area contributed by atoms with Gasteiger partial charge in [-0.1, -0.05) is 20.3 Å². The molecule has 0 aliphatic rings. The van der Waals surface area contributed by atoms with Crippen LogP contribution >= 0.6 is 0 Å². The highest BCUT2D eigenvalue weighted by Crippen LogP contribution is 2.17. The van der Waals surface area contributed by atoms with Crippen LogP contribution in [-0.2, 0) is 4.79 Å². The molecule has 0 aliphatic heterocycles. The van der Waals surface area contributed by atoms with Gasteiger partial charge in [-0.3, -0.25) is 0 Å². The number of ether oxygens (including phenoxy) is 1. The van der Waals surface area contributed by atoms with E-state index in [0.717, 1.165) is 6.42 Å². The third-order valence-corrected chi connectivity index (χ3v) is 2.78. The molecular formula is C13H21N3O3. The highest BCUT2D eigenvalue weighted by Gasteiger charge is 2.23. The predicted molar refractivity (Wildman–Crippen MR) is 72.3 cm³/mol. The van der Waals surface area contributed by atoms with Gasteiger partial charge in [0, 0.05) is 6.07 Å². The fourth-order valence-electron chi connectivity index (χ4n) is 1.57. The van der Waals surface area contributed by atoms with E-state index in [0.29, 0.717) is 11.7 Å². The first-order valence-corrected chi connectivity index (χ1v) is 6.42. The van der Waals surface area contributed by atoms with Crippen LogP contribution in [0.15, 0.2) is 12.4 Å². The third-order valence-electron chi connectivity index (χ3n) is 2.78. The van der Waals surface area contributed by atoms with Crippen molar-refractivity contribution in [2.75, 3.05) is 5.32 Å². The van der Waals surface area contributed by atoms with E-state index in [4.69, 9.17) is 4.74 Å². The predicted octanol–water partition coefficient (Wildman–Crippen LogP) is 2.17. The third kappa shape index (κ3) is 4.73. The zero-order valence-electron chi connectivity index (χ0n) is 11.8. The first kappa shape index (κ1) is 15.2. The van der Waals surface area contributed by atoms with Gasteiger partial charge in [-0.15, -0.1) is 0 Å². The van der Waals surface area contributed by atoms with Gasteiger partial charge in [-0.05, 0) is 19.8 Å².